The Hall–Kier alpha value is -2.25. The number of nitrogens with zero attached hydrogens (tertiary/aromatic N) is 3. The second-order valence-electron chi connectivity index (χ2n) is 13.7. The molecule has 1 unspecified atom stereocenters. The van der Waals surface area contributed by atoms with Gasteiger partial charge in [-0.05, 0) is 105 Å². The van der Waals surface area contributed by atoms with Gasteiger partial charge in [0.1, 0.15) is 11.4 Å². The minimum atomic E-state index is -0.990. The van der Waals surface area contributed by atoms with Gasteiger partial charge in [0.25, 0.3) is 0 Å². The molecular weight excluding hydrogens is 491 g/mol. The Labute approximate surface area is 233 Å². The summed E-state index contributed by atoms with van der Waals surface area (Å²) in [6.45, 7) is 15.2. The van der Waals surface area contributed by atoms with Crippen LogP contribution in [0.2, 0.25) is 0 Å². The quantitative estimate of drug-likeness (QED) is 0.462. The van der Waals surface area contributed by atoms with Gasteiger partial charge in [0.2, 0.25) is 0 Å². The van der Waals surface area contributed by atoms with Crippen LogP contribution in [-0.4, -0.2) is 57.5 Å². The monoisotopic (exact) mass is 538 g/mol. The molecule has 2 N–H and O–H groups in total. The Bertz CT molecular complexity index is 1190. The third kappa shape index (κ3) is 5.41. The molecule has 0 bridgehead atoms. The van der Waals surface area contributed by atoms with Crippen molar-refractivity contribution in [3.8, 4) is 0 Å². The number of aliphatic carboxylic acids is 1. The van der Waals surface area contributed by atoms with Crippen LogP contribution in [0.5, 0.6) is 0 Å². The van der Waals surface area contributed by atoms with Gasteiger partial charge >= 0.3 is 5.97 Å². The van der Waals surface area contributed by atoms with Gasteiger partial charge in [-0.25, -0.2) is 4.39 Å². The lowest BCUT2D eigenvalue weighted by molar-refractivity contribution is -0.145. The van der Waals surface area contributed by atoms with Gasteiger partial charge < -0.3 is 15.3 Å². The van der Waals surface area contributed by atoms with Crippen LogP contribution in [0.15, 0.2) is 24.3 Å². The van der Waals surface area contributed by atoms with Crippen molar-refractivity contribution in [1.29, 1.82) is 0 Å². The number of nitrogens with one attached hydrogen (secondary N) is 1. The fourth-order valence-corrected chi connectivity index (χ4v) is 7.75. The molecule has 1 spiro atoms. The Balaban J connectivity index is 1.35. The van der Waals surface area contributed by atoms with Crippen LogP contribution < -0.4 is 5.32 Å². The molecule has 0 amide bonds. The number of fused-ring (bicyclic) bond motifs is 2. The van der Waals surface area contributed by atoms with E-state index in [0.717, 1.165) is 57.4 Å². The van der Waals surface area contributed by atoms with Gasteiger partial charge in [0.05, 0.1) is 5.69 Å². The van der Waals surface area contributed by atoms with Crippen LogP contribution in [0.1, 0.15) is 95.2 Å². The van der Waals surface area contributed by atoms with Crippen molar-refractivity contribution in [3.05, 3.63) is 52.6 Å². The van der Waals surface area contributed by atoms with E-state index in [9.17, 15) is 14.3 Å². The molecule has 2 fully saturated rings. The standard InChI is InChI=1S/C32H47FN4O2/c1-6-27-25-11-12-31(28(25)37(7-2)35-27)13-15-36(16-14-31)20-23-18-32(29(38)39,34-21-30(3,4)5)19-26(23)22-9-8-10-24(33)17-22/h8-10,17,23,26,34H,6-7,11-16,18-21H2,1-5H3,(H,38,39)/t23-,26-,32?/m1/s1. The van der Waals surface area contributed by atoms with Gasteiger partial charge in [-0.15, -0.1) is 0 Å². The van der Waals surface area contributed by atoms with Crippen molar-refractivity contribution in [2.45, 2.75) is 103 Å². The lowest BCUT2D eigenvalue weighted by atomic mass is 9.75. The van der Waals surface area contributed by atoms with E-state index in [1.807, 2.05) is 6.07 Å². The highest BCUT2D eigenvalue weighted by Crippen LogP contribution is 2.50. The highest BCUT2D eigenvalue weighted by atomic mass is 19.1. The summed E-state index contributed by atoms with van der Waals surface area (Å²) in [6.07, 6.45) is 6.65. The van der Waals surface area contributed by atoms with Gasteiger partial charge in [-0.2, -0.15) is 5.10 Å². The van der Waals surface area contributed by atoms with E-state index in [4.69, 9.17) is 5.10 Å². The molecule has 2 aliphatic carbocycles. The Morgan fingerprint density at radius 1 is 1.18 bits per heavy atom. The number of hydrogen-bond donors (Lipinski definition) is 2. The summed E-state index contributed by atoms with van der Waals surface area (Å²) in [5, 5.41) is 18.9. The van der Waals surface area contributed by atoms with Crippen molar-refractivity contribution >= 4 is 5.97 Å². The van der Waals surface area contributed by atoms with Crippen molar-refractivity contribution in [1.82, 2.24) is 20.0 Å². The number of likely N-dealkylation sites (tertiary alicyclic amines) is 1. The average molecular weight is 539 g/mol. The molecule has 0 radical (unpaired) electrons. The molecule has 3 atom stereocenters. The molecule has 1 aliphatic heterocycles. The molecular formula is C32H47FN4O2. The predicted molar refractivity (Wildman–Crippen MR) is 153 cm³/mol. The van der Waals surface area contributed by atoms with Crippen LogP contribution in [0.3, 0.4) is 0 Å². The number of aryl methyl sites for hydroxylation is 2. The van der Waals surface area contributed by atoms with Crippen LogP contribution in [-0.2, 0) is 29.6 Å². The zero-order chi connectivity index (χ0) is 28.0. The summed E-state index contributed by atoms with van der Waals surface area (Å²) in [7, 11) is 0. The lowest BCUT2D eigenvalue weighted by Crippen LogP contribution is -2.53. The molecule has 1 aromatic carbocycles. The Morgan fingerprint density at radius 2 is 1.92 bits per heavy atom. The van der Waals surface area contributed by atoms with E-state index < -0.39 is 11.5 Å². The van der Waals surface area contributed by atoms with Gasteiger partial charge in [-0.1, -0.05) is 39.8 Å². The summed E-state index contributed by atoms with van der Waals surface area (Å²) in [5.74, 6) is -0.882. The number of carbonyl (C=O) groups is 1. The lowest BCUT2D eigenvalue weighted by Gasteiger charge is -2.41. The highest BCUT2D eigenvalue weighted by molar-refractivity contribution is 5.79. The van der Waals surface area contributed by atoms with Gasteiger partial charge in [-0.3, -0.25) is 9.48 Å². The molecule has 6 nitrogen and oxygen atoms in total. The minimum Gasteiger partial charge on any atom is -0.480 e. The SMILES string of the molecule is CCc1nn(CC)c2c1CCC21CCN(C[C@H]2CC(NCC(C)(C)C)(C(=O)O)C[C@@H]2c2cccc(F)c2)CC1. The van der Waals surface area contributed by atoms with E-state index in [-0.39, 0.29) is 28.5 Å². The van der Waals surface area contributed by atoms with E-state index in [2.05, 4.69) is 49.5 Å². The molecule has 7 heteroatoms. The first-order valence-corrected chi connectivity index (χ1v) is 15.0. The third-order valence-corrected chi connectivity index (χ3v) is 9.82. The third-order valence-electron chi connectivity index (χ3n) is 9.82. The maximum atomic E-state index is 14.3. The maximum absolute atomic E-state index is 14.3. The van der Waals surface area contributed by atoms with Crippen LogP contribution in [0.25, 0.3) is 0 Å². The van der Waals surface area contributed by atoms with Crippen molar-refractivity contribution < 1.29 is 14.3 Å². The topological polar surface area (TPSA) is 70.4 Å². The van der Waals surface area contributed by atoms with E-state index >= 15 is 0 Å². The van der Waals surface area contributed by atoms with Crippen molar-refractivity contribution in [3.63, 3.8) is 0 Å². The van der Waals surface area contributed by atoms with E-state index in [1.165, 1.54) is 29.4 Å². The second-order valence-corrected chi connectivity index (χ2v) is 13.7. The normalized spacial score (nSPS) is 26.8. The number of benzene rings is 1. The van der Waals surface area contributed by atoms with Crippen LogP contribution in [0, 0.1) is 17.2 Å². The number of piperidine rings is 1. The number of halogens is 1. The van der Waals surface area contributed by atoms with Gasteiger partial charge in [0, 0.05) is 30.7 Å². The smallest absolute Gasteiger partial charge is 0.323 e. The summed E-state index contributed by atoms with van der Waals surface area (Å²) in [5.41, 5.74) is 4.41. The Morgan fingerprint density at radius 3 is 2.54 bits per heavy atom. The van der Waals surface area contributed by atoms with Crippen LogP contribution in [0.4, 0.5) is 4.39 Å². The van der Waals surface area contributed by atoms with Crippen LogP contribution >= 0.6 is 0 Å². The molecule has 3 aliphatic rings. The second kappa shape index (κ2) is 10.6. The summed E-state index contributed by atoms with van der Waals surface area (Å²) in [4.78, 5) is 15.3. The molecule has 1 saturated heterocycles. The number of carboxylic acids is 1. The Kier molecular flexibility index (Phi) is 7.70. The predicted octanol–water partition coefficient (Wildman–Crippen LogP) is 5.54. The summed E-state index contributed by atoms with van der Waals surface area (Å²) >= 11 is 0. The van der Waals surface area contributed by atoms with E-state index in [1.54, 1.807) is 12.1 Å². The van der Waals surface area contributed by atoms with Crippen molar-refractivity contribution in [2.24, 2.45) is 11.3 Å². The molecule has 1 aromatic heterocycles. The highest BCUT2D eigenvalue weighted by Gasteiger charge is 2.52. The average Bonchev–Trinajstić information content (AvgIpc) is 3.56. The summed E-state index contributed by atoms with van der Waals surface area (Å²) < 4.78 is 16.6. The molecule has 2 heterocycles. The maximum Gasteiger partial charge on any atom is 0.323 e. The molecule has 1 saturated carbocycles. The zero-order valence-electron chi connectivity index (χ0n) is 24.5. The number of carboxylic acid groups (broad SMARTS) is 1. The van der Waals surface area contributed by atoms with Crippen molar-refractivity contribution in [2.75, 3.05) is 26.2 Å². The minimum absolute atomic E-state index is 0.00636. The molecule has 2 aromatic rings. The number of hydrogen-bond acceptors (Lipinski definition) is 4. The molecule has 5 rings (SSSR count). The first-order valence-electron chi connectivity index (χ1n) is 15.0. The first-order chi connectivity index (χ1) is 18.5. The number of aromatic nitrogens is 2. The largest absolute Gasteiger partial charge is 0.480 e. The van der Waals surface area contributed by atoms with E-state index in [0.29, 0.717) is 19.4 Å². The molecule has 39 heavy (non-hydrogen) atoms. The summed E-state index contributed by atoms with van der Waals surface area (Å²) in [6, 6.07) is 6.82. The molecule has 214 valence electrons. The first kappa shape index (κ1) is 28.3. The fourth-order valence-electron chi connectivity index (χ4n) is 7.75. The fraction of sp³-hybridized carbons (Fsp3) is 0.688. The van der Waals surface area contributed by atoms with Gasteiger partial charge in [0.15, 0.2) is 0 Å². The number of rotatable bonds is 8. The zero-order valence-corrected chi connectivity index (χ0v) is 24.5.